The fourth-order valence-corrected chi connectivity index (χ4v) is 4.29. The number of carbonyl (C=O) groups excluding carboxylic acids is 1. The van der Waals surface area contributed by atoms with Gasteiger partial charge in [0.1, 0.15) is 0 Å². The van der Waals surface area contributed by atoms with Crippen LogP contribution < -0.4 is 10.2 Å². The van der Waals surface area contributed by atoms with E-state index in [1.165, 1.54) is 24.2 Å². The van der Waals surface area contributed by atoms with Gasteiger partial charge >= 0.3 is 0 Å². The average molecular weight is 352 g/mol. The van der Waals surface area contributed by atoms with Gasteiger partial charge in [-0.15, -0.1) is 0 Å². The lowest BCUT2D eigenvalue weighted by molar-refractivity contribution is -0.117. The summed E-state index contributed by atoms with van der Waals surface area (Å²) in [4.78, 5) is 17.2. The first-order chi connectivity index (χ1) is 12.7. The third kappa shape index (κ3) is 3.63. The Labute approximate surface area is 155 Å². The SMILES string of the molecule is Cn1cccc1[C@H]1CCCN1CC(=O)Nc1ccc(N2CCCC2)cc1. The van der Waals surface area contributed by atoms with Gasteiger partial charge in [-0.1, -0.05) is 0 Å². The second-order valence-corrected chi connectivity index (χ2v) is 7.46. The number of hydrogen-bond acceptors (Lipinski definition) is 3. The number of benzene rings is 1. The Morgan fingerprint density at radius 3 is 2.54 bits per heavy atom. The fourth-order valence-electron chi connectivity index (χ4n) is 4.29. The average Bonchev–Trinajstić information content (AvgIpc) is 3.37. The number of amides is 1. The molecular weight excluding hydrogens is 324 g/mol. The molecular formula is C21H28N4O. The molecule has 2 aliphatic heterocycles. The van der Waals surface area contributed by atoms with Crippen molar-refractivity contribution in [1.29, 1.82) is 0 Å². The van der Waals surface area contributed by atoms with E-state index in [4.69, 9.17) is 0 Å². The molecule has 0 aliphatic carbocycles. The predicted molar refractivity (Wildman–Crippen MR) is 105 cm³/mol. The van der Waals surface area contributed by atoms with Crippen molar-refractivity contribution in [3.05, 3.63) is 48.3 Å². The molecule has 1 atom stereocenters. The Hall–Kier alpha value is -2.27. The van der Waals surface area contributed by atoms with Crippen molar-refractivity contribution in [2.45, 2.75) is 31.7 Å². The van der Waals surface area contributed by atoms with Crippen LogP contribution >= 0.6 is 0 Å². The van der Waals surface area contributed by atoms with Crippen molar-refractivity contribution in [2.24, 2.45) is 7.05 Å². The zero-order chi connectivity index (χ0) is 17.9. The summed E-state index contributed by atoms with van der Waals surface area (Å²) in [6.45, 7) is 3.71. The molecule has 1 aromatic carbocycles. The van der Waals surface area contributed by atoms with Gasteiger partial charge in [-0.25, -0.2) is 0 Å². The molecule has 0 bridgehead atoms. The minimum atomic E-state index is 0.0695. The van der Waals surface area contributed by atoms with Crippen molar-refractivity contribution in [1.82, 2.24) is 9.47 Å². The van der Waals surface area contributed by atoms with Gasteiger partial charge in [-0.2, -0.15) is 0 Å². The summed E-state index contributed by atoms with van der Waals surface area (Å²) in [5.41, 5.74) is 3.43. The number of nitrogens with one attached hydrogen (secondary N) is 1. The summed E-state index contributed by atoms with van der Waals surface area (Å²) in [6, 6.07) is 12.9. The molecule has 5 nitrogen and oxygen atoms in total. The van der Waals surface area contributed by atoms with Crippen molar-refractivity contribution in [3.8, 4) is 0 Å². The van der Waals surface area contributed by atoms with Gasteiger partial charge in [0.15, 0.2) is 0 Å². The van der Waals surface area contributed by atoms with Gasteiger partial charge in [0.05, 0.1) is 12.6 Å². The molecule has 5 heteroatoms. The number of nitrogens with zero attached hydrogens (tertiary/aromatic N) is 3. The lowest BCUT2D eigenvalue weighted by atomic mass is 10.1. The van der Waals surface area contributed by atoms with Crippen molar-refractivity contribution < 1.29 is 4.79 Å². The molecule has 4 rings (SSSR count). The smallest absolute Gasteiger partial charge is 0.238 e. The van der Waals surface area contributed by atoms with Crippen LogP contribution in [0, 0.1) is 0 Å². The Morgan fingerprint density at radius 2 is 1.85 bits per heavy atom. The molecule has 1 N–H and O–H groups in total. The van der Waals surface area contributed by atoms with E-state index >= 15 is 0 Å². The first kappa shape index (κ1) is 17.2. The maximum atomic E-state index is 12.5. The number of rotatable bonds is 5. The first-order valence-corrected chi connectivity index (χ1v) is 9.71. The monoisotopic (exact) mass is 352 g/mol. The molecule has 1 amide bonds. The van der Waals surface area contributed by atoms with Crippen LogP contribution in [-0.4, -0.2) is 41.6 Å². The highest BCUT2D eigenvalue weighted by atomic mass is 16.2. The van der Waals surface area contributed by atoms with Gasteiger partial charge in [0, 0.05) is 43.4 Å². The molecule has 0 spiro atoms. The number of hydrogen-bond donors (Lipinski definition) is 1. The van der Waals surface area contributed by atoms with Crippen LogP contribution in [0.2, 0.25) is 0 Å². The van der Waals surface area contributed by atoms with Gasteiger partial charge in [0.25, 0.3) is 0 Å². The van der Waals surface area contributed by atoms with Gasteiger partial charge in [-0.05, 0) is 68.6 Å². The van der Waals surface area contributed by atoms with E-state index < -0.39 is 0 Å². The van der Waals surface area contributed by atoms with Crippen molar-refractivity contribution in [3.63, 3.8) is 0 Å². The third-order valence-corrected chi connectivity index (χ3v) is 5.66. The van der Waals surface area contributed by atoms with E-state index in [0.29, 0.717) is 12.6 Å². The van der Waals surface area contributed by atoms with E-state index in [1.54, 1.807) is 0 Å². The van der Waals surface area contributed by atoms with E-state index in [-0.39, 0.29) is 5.91 Å². The summed E-state index contributed by atoms with van der Waals surface area (Å²) in [6.07, 6.45) is 6.89. The van der Waals surface area contributed by atoms with Crippen LogP contribution in [0.3, 0.4) is 0 Å². The summed E-state index contributed by atoms with van der Waals surface area (Å²) >= 11 is 0. The number of anilines is 2. The predicted octanol–water partition coefficient (Wildman–Crippen LogP) is 3.40. The summed E-state index contributed by atoms with van der Waals surface area (Å²) in [5.74, 6) is 0.0695. The first-order valence-electron chi connectivity index (χ1n) is 9.71. The summed E-state index contributed by atoms with van der Waals surface area (Å²) in [5, 5.41) is 3.06. The van der Waals surface area contributed by atoms with Crippen LogP contribution in [0.1, 0.15) is 37.4 Å². The largest absolute Gasteiger partial charge is 0.372 e. The highest BCUT2D eigenvalue weighted by Crippen LogP contribution is 2.31. The van der Waals surface area contributed by atoms with E-state index in [1.807, 2.05) is 12.1 Å². The molecule has 2 saturated heterocycles. The number of likely N-dealkylation sites (tertiary alicyclic amines) is 1. The highest BCUT2D eigenvalue weighted by Gasteiger charge is 2.28. The summed E-state index contributed by atoms with van der Waals surface area (Å²) < 4.78 is 2.16. The standard InChI is InChI=1S/C21H28N4O/c1-23-12-4-6-19(23)20-7-5-15-25(20)16-21(26)22-17-8-10-18(11-9-17)24-13-2-3-14-24/h4,6,8-12,20H,2-3,5,7,13-16H2,1H3,(H,22,26)/t20-/m1/s1. The molecule has 26 heavy (non-hydrogen) atoms. The molecule has 3 heterocycles. The molecule has 2 aromatic rings. The molecule has 2 fully saturated rings. The van der Waals surface area contributed by atoms with Crippen LogP contribution in [0.5, 0.6) is 0 Å². The van der Waals surface area contributed by atoms with Gasteiger partial charge in [0.2, 0.25) is 5.91 Å². The number of carbonyl (C=O) groups is 1. The highest BCUT2D eigenvalue weighted by molar-refractivity contribution is 5.92. The molecule has 0 unspecified atom stereocenters. The lowest BCUT2D eigenvalue weighted by Gasteiger charge is -2.24. The number of aryl methyl sites for hydroxylation is 1. The molecule has 0 saturated carbocycles. The van der Waals surface area contributed by atoms with Crippen molar-refractivity contribution in [2.75, 3.05) is 36.4 Å². The van der Waals surface area contributed by atoms with Crippen LogP contribution in [-0.2, 0) is 11.8 Å². The van der Waals surface area contributed by atoms with Gasteiger partial charge in [-0.3, -0.25) is 9.69 Å². The van der Waals surface area contributed by atoms with Gasteiger partial charge < -0.3 is 14.8 Å². The van der Waals surface area contributed by atoms with E-state index in [9.17, 15) is 4.79 Å². The topological polar surface area (TPSA) is 40.5 Å². The quantitative estimate of drug-likeness (QED) is 0.897. The molecule has 0 radical (unpaired) electrons. The Bertz CT molecular complexity index is 746. The fraction of sp³-hybridized carbons (Fsp3) is 0.476. The zero-order valence-corrected chi connectivity index (χ0v) is 15.5. The number of aromatic nitrogens is 1. The van der Waals surface area contributed by atoms with E-state index in [2.05, 4.69) is 57.2 Å². The maximum absolute atomic E-state index is 12.5. The molecule has 138 valence electrons. The van der Waals surface area contributed by atoms with Crippen LogP contribution in [0.25, 0.3) is 0 Å². The third-order valence-electron chi connectivity index (χ3n) is 5.66. The molecule has 2 aliphatic rings. The Kier molecular flexibility index (Phi) is 4.98. The normalized spacial score (nSPS) is 20.7. The Balaban J connectivity index is 1.35. The van der Waals surface area contributed by atoms with E-state index in [0.717, 1.165) is 38.2 Å². The zero-order valence-electron chi connectivity index (χ0n) is 15.5. The van der Waals surface area contributed by atoms with Crippen molar-refractivity contribution >= 4 is 17.3 Å². The minimum Gasteiger partial charge on any atom is -0.372 e. The maximum Gasteiger partial charge on any atom is 0.238 e. The summed E-state index contributed by atoms with van der Waals surface area (Å²) in [7, 11) is 2.08. The second kappa shape index (κ2) is 7.54. The lowest BCUT2D eigenvalue weighted by Crippen LogP contribution is -2.33. The molecule has 1 aromatic heterocycles. The minimum absolute atomic E-state index is 0.0695. The second-order valence-electron chi connectivity index (χ2n) is 7.46. The van der Waals surface area contributed by atoms with Crippen LogP contribution in [0.4, 0.5) is 11.4 Å². The Morgan fingerprint density at radius 1 is 1.08 bits per heavy atom. The van der Waals surface area contributed by atoms with Crippen LogP contribution in [0.15, 0.2) is 42.6 Å².